The van der Waals surface area contributed by atoms with E-state index >= 15 is 0 Å². The molecular formula is C20H21FN4O2. The molecule has 1 aromatic carbocycles. The van der Waals surface area contributed by atoms with E-state index in [1.807, 2.05) is 41.1 Å². The summed E-state index contributed by atoms with van der Waals surface area (Å²) in [5, 5.41) is 4.25. The highest BCUT2D eigenvalue weighted by molar-refractivity contribution is 5.83. The second kappa shape index (κ2) is 7.73. The van der Waals surface area contributed by atoms with E-state index in [1.165, 1.54) is 0 Å². The van der Waals surface area contributed by atoms with E-state index in [2.05, 4.69) is 15.3 Å². The molecule has 3 aromatic rings. The predicted octanol–water partition coefficient (Wildman–Crippen LogP) is 3.08. The number of halogens is 1. The molecule has 4 rings (SSSR count). The summed E-state index contributed by atoms with van der Waals surface area (Å²) in [5.74, 6) is -0.466. The Morgan fingerprint density at radius 3 is 2.67 bits per heavy atom. The third kappa shape index (κ3) is 4.24. The van der Waals surface area contributed by atoms with Crippen LogP contribution < -0.4 is 10.1 Å². The number of ether oxygens (including phenoxy) is 1. The second-order valence-electron chi connectivity index (χ2n) is 6.85. The molecule has 6 nitrogen and oxygen atoms in total. The normalized spacial score (nSPS) is 19.7. The van der Waals surface area contributed by atoms with E-state index in [9.17, 15) is 9.18 Å². The van der Waals surface area contributed by atoms with Crippen molar-refractivity contribution in [3.05, 3.63) is 54.7 Å². The summed E-state index contributed by atoms with van der Waals surface area (Å²) in [7, 11) is 0. The number of hydrogen-bond acceptors (Lipinski definition) is 4. The zero-order valence-corrected chi connectivity index (χ0v) is 14.8. The summed E-state index contributed by atoms with van der Waals surface area (Å²) in [5.41, 5.74) is 1.06. The highest BCUT2D eigenvalue weighted by atomic mass is 19.1. The van der Waals surface area contributed by atoms with Crippen molar-refractivity contribution in [3.8, 4) is 6.01 Å². The molecule has 0 unspecified atom stereocenters. The Morgan fingerprint density at radius 2 is 1.89 bits per heavy atom. The molecule has 1 aliphatic carbocycles. The van der Waals surface area contributed by atoms with Crippen LogP contribution in [-0.2, 0) is 11.3 Å². The Bertz CT molecular complexity index is 917. The third-order valence-corrected chi connectivity index (χ3v) is 4.90. The second-order valence-corrected chi connectivity index (χ2v) is 6.85. The van der Waals surface area contributed by atoms with E-state index in [-0.39, 0.29) is 24.1 Å². The largest absolute Gasteiger partial charge is 0.460 e. The van der Waals surface area contributed by atoms with E-state index in [0.29, 0.717) is 6.54 Å². The predicted molar refractivity (Wildman–Crippen MR) is 98.7 cm³/mol. The summed E-state index contributed by atoms with van der Waals surface area (Å²) in [6, 6.07) is 10.4. The van der Waals surface area contributed by atoms with Crippen molar-refractivity contribution in [1.82, 2.24) is 19.9 Å². The highest BCUT2D eigenvalue weighted by Crippen LogP contribution is 2.22. The van der Waals surface area contributed by atoms with Crippen LogP contribution >= 0.6 is 0 Å². The topological polar surface area (TPSA) is 69.0 Å². The first kappa shape index (κ1) is 17.5. The molecule has 1 fully saturated rings. The van der Waals surface area contributed by atoms with Crippen LogP contribution in [0.4, 0.5) is 4.39 Å². The van der Waals surface area contributed by atoms with Crippen molar-refractivity contribution < 1.29 is 13.9 Å². The van der Waals surface area contributed by atoms with Gasteiger partial charge in [0.25, 0.3) is 0 Å². The molecule has 0 aliphatic heterocycles. The number of benzene rings is 1. The average Bonchev–Trinajstić information content (AvgIpc) is 3.08. The molecular weight excluding hydrogens is 347 g/mol. The first-order valence-electron chi connectivity index (χ1n) is 9.15. The van der Waals surface area contributed by atoms with Crippen molar-refractivity contribution >= 4 is 16.8 Å². The fraction of sp³-hybridized carbons (Fsp3) is 0.350. The van der Waals surface area contributed by atoms with Crippen LogP contribution in [0.2, 0.25) is 0 Å². The van der Waals surface area contributed by atoms with Gasteiger partial charge in [-0.05, 0) is 43.2 Å². The average molecular weight is 368 g/mol. The van der Waals surface area contributed by atoms with Crippen LogP contribution in [0.25, 0.3) is 10.9 Å². The molecule has 0 radical (unpaired) electrons. The number of para-hydroxylation sites is 1. The van der Waals surface area contributed by atoms with Gasteiger partial charge in [0.1, 0.15) is 12.6 Å². The molecule has 140 valence electrons. The van der Waals surface area contributed by atoms with Crippen LogP contribution in [0, 0.1) is 5.82 Å². The van der Waals surface area contributed by atoms with Gasteiger partial charge in [0, 0.05) is 17.8 Å². The molecule has 1 saturated carbocycles. The standard InChI is InChI=1S/C20H21FN4O2/c21-15-11-22-20(23-12-15)27-17-7-5-16(6-8-17)24-19(26)13-25-10-9-14-3-1-2-4-18(14)25/h1-4,9-12,16-17H,5-8,13H2,(H,24,26). The Kier molecular flexibility index (Phi) is 5.00. The smallest absolute Gasteiger partial charge is 0.316 e. The summed E-state index contributed by atoms with van der Waals surface area (Å²) >= 11 is 0. The molecule has 0 saturated heterocycles. The molecule has 2 heterocycles. The van der Waals surface area contributed by atoms with Crippen molar-refractivity contribution in [2.75, 3.05) is 0 Å². The first-order valence-corrected chi connectivity index (χ1v) is 9.15. The molecule has 2 aromatic heterocycles. The lowest BCUT2D eigenvalue weighted by Crippen LogP contribution is -2.41. The Labute approximate surface area is 156 Å². The van der Waals surface area contributed by atoms with Crippen LogP contribution in [0.1, 0.15) is 25.7 Å². The molecule has 0 bridgehead atoms. The summed E-state index contributed by atoms with van der Waals surface area (Å²) in [6.07, 6.45) is 7.41. The molecule has 0 atom stereocenters. The number of carbonyl (C=O) groups is 1. The minimum Gasteiger partial charge on any atom is -0.460 e. The van der Waals surface area contributed by atoms with Gasteiger partial charge in [-0.25, -0.2) is 14.4 Å². The number of nitrogens with zero attached hydrogens (tertiary/aromatic N) is 3. The van der Waals surface area contributed by atoms with Gasteiger partial charge in [-0.15, -0.1) is 0 Å². The maximum atomic E-state index is 12.8. The van der Waals surface area contributed by atoms with Crippen molar-refractivity contribution in [2.45, 2.75) is 44.4 Å². The molecule has 1 amide bonds. The number of aromatic nitrogens is 3. The van der Waals surface area contributed by atoms with Crippen LogP contribution in [0.5, 0.6) is 6.01 Å². The van der Waals surface area contributed by atoms with Gasteiger partial charge in [-0.2, -0.15) is 0 Å². The number of carbonyl (C=O) groups excluding carboxylic acids is 1. The maximum absolute atomic E-state index is 12.8. The van der Waals surface area contributed by atoms with E-state index in [4.69, 9.17) is 4.74 Å². The molecule has 1 aliphatic rings. The van der Waals surface area contributed by atoms with Gasteiger partial charge in [-0.1, -0.05) is 18.2 Å². The lowest BCUT2D eigenvalue weighted by atomic mass is 9.93. The van der Waals surface area contributed by atoms with Gasteiger partial charge in [-0.3, -0.25) is 4.79 Å². The Balaban J connectivity index is 1.26. The molecule has 7 heteroatoms. The third-order valence-electron chi connectivity index (χ3n) is 4.90. The van der Waals surface area contributed by atoms with E-state index in [0.717, 1.165) is 49.0 Å². The molecule has 0 spiro atoms. The minimum absolute atomic E-state index is 0.00277. The monoisotopic (exact) mass is 368 g/mol. The molecule has 27 heavy (non-hydrogen) atoms. The lowest BCUT2D eigenvalue weighted by molar-refractivity contribution is -0.122. The van der Waals surface area contributed by atoms with E-state index < -0.39 is 5.82 Å². The zero-order valence-electron chi connectivity index (χ0n) is 14.8. The zero-order chi connectivity index (χ0) is 18.6. The number of fused-ring (bicyclic) bond motifs is 1. The van der Waals surface area contributed by atoms with Crippen LogP contribution in [0.15, 0.2) is 48.9 Å². The van der Waals surface area contributed by atoms with Gasteiger partial charge in [0.15, 0.2) is 5.82 Å². The first-order chi connectivity index (χ1) is 13.2. The molecule has 1 N–H and O–H groups in total. The highest BCUT2D eigenvalue weighted by Gasteiger charge is 2.24. The fourth-order valence-corrected chi connectivity index (χ4v) is 3.54. The van der Waals surface area contributed by atoms with Gasteiger partial charge in [0.2, 0.25) is 5.91 Å². The summed E-state index contributed by atoms with van der Waals surface area (Å²) < 4.78 is 20.5. The van der Waals surface area contributed by atoms with Crippen molar-refractivity contribution in [3.63, 3.8) is 0 Å². The van der Waals surface area contributed by atoms with Gasteiger partial charge < -0.3 is 14.6 Å². The fourth-order valence-electron chi connectivity index (χ4n) is 3.54. The van der Waals surface area contributed by atoms with Crippen LogP contribution in [-0.4, -0.2) is 32.6 Å². The summed E-state index contributed by atoms with van der Waals surface area (Å²) in [6.45, 7) is 0.313. The van der Waals surface area contributed by atoms with Crippen LogP contribution in [0.3, 0.4) is 0 Å². The quantitative estimate of drug-likeness (QED) is 0.751. The van der Waals surface area contributed by atoms with Crippen molar-refractivity contribution in [2.24, 2.45) is 0 Å². The van der Waals surface area contributed by atoms with Crippen molar-refractivity contribution in [1.29, 1.82) is 0 Å². The van der Waals surface area contributed by atoms with Gasteiger partial charge >= 0.3 is 6.01 Å². The van der Waals surface area contributed by atoms with Gasteiger partial charge in [0.05, 0.1) is 12.4 Å². The summed E-state index contributed by atoms with van der Waals surface area (Å²) in [4.78, 5) is 20.1. The number of amides is 1. The minimum atomic E-state index is -0.482. The van der Waals surface area contributed by atoms with E-state index in [1.54, 1.807) is 0 Å². The SMILES string of the molecule is O=C(Cn1ccc2ccccc21)NC1CCC(Oc2ncc(F)cn2)CC1. The Hall–Kier alpha value is -2.96. The lowest BCUT2D eigenvalue weighted by Gasteiger charge is -2.28. The number of rotatable bonds is 5. The number of nitrogens with one attached hydrogen (secondary N) is 1. The maximum Gasteiger partial charge on any atom is 0.316 e. The Morgan fingerprint density at radius 1 is 1.15 bits per heavy atom. The number of hydrogen-bond donors (Lipinski definition) is 1.